The molecule has 0 spiro atoms. The van der Waals surface area contributed by atoms with E-state index in [0.29, 0.717) is 6.54 Å². The first-order valence-electron chi connectivity index (χ1n) is 7.20. The Balaban J connectivity index is 1.67. The lowest BCUT2D eigenvalue weighted by atomic mass is 10.1. The van der Waals surface area contributed by atoms with Crippen molar-refractivity contribution in [2.45, 2.75) is 6.54 Å². The molecular formula is C19H14ClNO. The molecule has 0 radical (unpaired) electrons. The van der Waals surface area contributed by atoms with Gasteiger partial charge in [-0.05, 0) is 35.9 Å². The van der Waals surface area contributed by atoms with E-state index in [9.17, 15) is 0 Å². The molecule has 0 saturated carbocycles. The quantitative estimate of drug-likeness (QED) is 0.513. The first-order chi connectivity index (χ1) is 10.8. The van der Waals surface area contributed by atoms with E-state index in [4.69, 9.17) is 16.0 Å². The smallest absolute Gasteiger partial charge is 0.135 e. The van der Waals surface area contributed by atoms with E-state index in [1.165, 1.54) is 0 Å². The fourth-order valence-corrected chi connectivity index (χ4v) is 2.88. The maximum atomic E-state index is 6.19. The average Bonchev–Trinajstić information content (AvgIpc) is 2.92. The third-order valence-electron chi connectivity index (χ3n) is 3.82. The van der Waals surface area contributed by atoms with Gasteiger partial charge in [-0.2, -0.15) is 0 Å². The monoisotopic (exact) mass is 307 g/mol. The van der Waals surface area contributed by atoms with Crippen LogP contribution < -0.4 is 5.32 Å². The van der Waals surface area contributed by atoms with Gasteiger partial charge in [0.05, 0.1) is 0 Å². The highest BCUT2D eigenvalue weighted by Gasteiger charge is 2.07. The van der Waals surface area contributed by atoms with Crippen LogP contribution in [0.4, 0.5) is 5.69 Å². The largest absolute Gasteiger partial charge is 0.456 e. The summed E-state index contributed by atoms with van der Waals surface area (Å²) in [5, 5.41) is 6.47. The second-order valence-corrected chi connectivity index (χ2v) is 5.66. The Morgan fingerprint density at radius 1 is 0.818 bits per heavy atom. The van der Waals surface area contributed by atoms with Crippen molar-refractivity contribution in [2.75, 3.05) is 5.32 Å². The highest BCUT2D eigenvalue weighted by atomic mass is 35.5. The van der Waals surface area contributed by atoms with Gasteiger partial charge in [-0.3, -0.25) is 0 Å². The van der Waals surface area contributed by atoms with Crippen molar-refractivity contribution in [3.8, 4) is 0 Å². The van der Waals surface area contributed by atoms with Crippen LogP contribution in [0.5, 0.6) is 0 Å². The SMILES string of the molecule is Clc1ccccc1CNc1ccc2oc3ccccc3c2c1. The van der Waals surface area contributed by atoms with Crippen molar-refractivity contribution in [1.29, 1.82) is 0 Å². The Morgan fingerprint density at radius 2 is 1.59 bits per heavy atom. The maximum absolute atomic E-state index is 6.19. The molecule has 0 bridgehead atoms. The van der Waals surface area contributed by atoms with Gasteiger partial charge in [-0.1, -0.05) is 48.0 Å². The molecule has 0 fully saturated rings. The predicted octanol–water partition coefficient (Wildman–Crippen LogP) is 5.85. The second kappa shape index (κ2) is 5.39. The third kappa shape index (κ3) is 2.32. The summed E-state index contributed by atoms with van der Waals surface area (Å²) in [6.07, 6.45) is 0. The molecule has 108 valence electrons. The van der Waals surface area contributed by atoms with Gasteiger partial charge in [0.15, 0.2) is 0 Å². The summed E-state index contributed by atoms with van der Waals surface area (Å²) < 4.78 is 5.84. The van der Waals surface area contributed by atoms with Crippen LogP contribution in [0.15, 0.2) is 71.1 Å². The number of rotatable bonds is 3. The maximum Gasteiger partial charge on any atom is 0.135 e. The van der Waals surface area contributed by atoms with E-state index in [0.717, 1.165) is 38.2 Å². The molecule has 0 aliphatic carbocycles. The van der Waals surface area contributed by atoms with Crippen molar-refractivity contribution in [3.05, 3.63) is 77.3 Å². The zero-order chi connectivity index (χ0) is 14.9. The number of fused-ring (bicyclic) bond motifs is 3. The normalized spacial score (nSPS) is 11.1. The molecule has 0 amide bonds. The number of anilines is 1. The molecule has 2 nitrogen and oxygen atoms in total. The van der Waals surface area contributed by atoms with Crippen molar-refractivity contribution >= 4 is 39.2 Å². The molecule has 0 unspecified atom stereocenters. The highest BCUT2D eigenvalue weighted by Crippen LogP contribution is 2.30. The fourth-order valence-electron chi connectivity index (χ4n) is 2.68. The van der Waals surface area contributed by atoms with Crippen LogP contribution in [0.25, 0.3) is 21.9 Å². The second-order valence-electron chi connectivity index (χ2n) is 5.25. The first kappa shape index (κ1) is 13.2. The lowest BCUT2D eigenvalue weighted by Gasteiger charge is -2.08. The van der Waals surface area contributed by atoms with Gasteiger partial charge in [0.1, 0.15) is 11.2 Å². The lowest BCUT2D eigenvalue weighted by molar-refractivity contribution is 0.669. The molecule has 22 heavy (non-hydrogen) atoms. The van der Waals surface area contributed by atoms with E-state index in [1.54, 1.807) is 0 Å². The van der Waals surface area contributed by atoms with Gasteiger partial charge in [0.2, 0.25) is 0 Å². The summed E-state index contributed by atoms with van der Waals surface area (Å²) in [6, 6.07) is 22.1. The Bertz CT molecular complexity index is 958. The van der Waals surface area contributed by atoms with Crippen molar-refractivity contribution < 1.29 is 4.42 Å². The van der Waals surface area contributed by atoms with Crippen LogP contribution >= 0.6 is 11.6 Å². The van der Waals surface area contributed by atoms with E-state index in [2.05, 4.69) is 17.4 Å². The molecular weight excluding hydrogens is 294 g/mol. The van der Waals surface area contributed by atoms with E-state index >= 15 is 0 Å². The van der Waals surface area contributed by atoms with Gasteiger partial charge in [-0.15, -0.1) is 0 Å². The Kier molecular flexibility index (Phi) is 3.24. The molecule has 0 aliphatic heterocycles. The molecule has 1 heterocycles. The van der Waals surface area contributed by atoms with Crippen LogP contribution in [0, 0.1) is 0 Å². The Morgan fingerprint density at radius 3 is 2.50 bits per heavy atom. The van der Waals surface area contributed by atoms with Crippen LogP contribution in [0.1, 0.15) is 5.56 Å². The van der Waals surface area contributed by atoms with Gasteiger partial charge in [0.25, 0.3) is 0 Å². The van der Waals surface area contributed by atoms with Crippen LogP contribution in [0.3, 0.4) is 0 Å². The van der Waals surface area contributed by atoms with Gasteiger partial charge in [-0.25, -0.2) is 0 Å². The fraction of sp³-hybridized carbons (Fsp3) is 0.0526. The number of hydrogen-bond acceptors (Lipinski definition) is 2. The molecule has 3 aromatic carbocycles. The van der Waals surface area contributed by atoms with Crippen LogP contribution in [0.2, 0.25) is 5.02 Å². The number of furan rings is 1. The molecule has 0 atom stereocenters. The van der Waals surface area contributed by atoms with Crippen molar-refractivity contribution in [2.24, 2.45) is 0 Å². The summed E-state index contributed by atoms with van der Waals surface area (Å²) in [5.41, 5.74) is 3.96. The number of nitrogens with one attached hydrogen (secondary N) is 1. The van der Waals surface area contributed by atoms with Crippen LogP contribution in [-0.2, 0) is 6.54 Å². The minimum atomic E-state index is 0.695. The Labute approximate surface area is 133 Å². The molecule has 0 saturated heterocycles. The molecule has 4 rings (SSSR count). The molecule has 1 N–H and O–H groups in total. The van der Waals surface area contributed by atoms with E-state index in [-0.39, 0.29) is 0 Å². The Hall–Kier alpha value is -2.45. The van der Waals surface area contributed by atoms with Crippen molar-refractivity contribution in [3.63, 3.8) is 0 Å². The summed E-state index contributed by atoms with van der Waals surface area (Å²) in [4.78, 5) is 0. The standard InChI is InChI=1S/C19H14ClNO/c20-17-7-3-1-5-13(17)12-21-14-9-10-19-16(11-14)15-6-2-4-8-18(15)22-19/h1-11,21H,12H2. The van der Waals surface area contributed by atoms with Gasteiger partial charge in [0, 0.05) is 28.0 Å². The molecule has 4 aromatic rings. The highest BCUT2D eigenvalue weighted by molar-refractivity contribution is 6.31. The zero-order valence-electron chi connectivity index (χ0n) is 11.8. The minimum Gasteiger partial charge on any atom is -0.456 e. The summed E-state index contributed by atoms with van der Waals surface area (Å²) >= 11 is 6.19. The van der Waals surface area contributed by atoms with Crippen molar-refractivity contribution in [1.82, 2.24) is 0 Å². The molecule has 3 heteroatoms. The molecule has 0 aliphatic rings. The zero-order valence-corrected chi connectivity index (χ0v) is 12.6. The van der Waals surface area contributed by atoms with Gasteiger partial charge < -0.3 is 9.73 Å². The third-order valence-corrected chi connectivity index (χ3v) is 4.19. The predicted molar refractivity (Wildman–Crippen MR) is 92.5 cm³/mol. The summed E-state index contributed by atoms with van der Waals surface area (Å²) in [5.74, 6) is 0. The summed E-state index contributed by atoms with van der Waals surface area (Å²) in [7, 11) is 0. The number of para-hydroxylation sites is 1. The van der Waals surface area contributed by atoms with E-state index in [1.807, 2.05) is 54.6 Å². The lowest BCUT2D eigenvalue weighted by Crippen LogP contribution is -1.99. The minimum absolute atomic E-state index is 0.695. The topological polar surface area (TPSA) is 25.2 Å². The first-order valence-corrected chi connectivity index (χ1v) is 7.58. The van der Waals surface area contributed by atoms with E-state index < -0.39 is 0 Å². The number of halogens is 1. The average molecular weight is 308 g/mol. The summed E-state index contributed by atoms with van der Waals surface area (Å²) in [6.45, 7) is 0.695. The van der Waals surface area contributed by atoms with Gasteiger partial charge >= 0.3 is 0 Å². The molecule has 1 aromatic heterocycles. The number of benzene rings is 3. The van der Waals surface area contributed by atoms with Crippen LogP contribution in [-0.4, -0.2) is 0 Å². The number of hydrogen-bond donors (Lipinski definition) is 1.